The Labute approximate surface area is 103 Å². The number of nitrogens with zero attached hydrogens (tertiary/aromatic N) is 1. The molecule has 0 bridgehead atoms. The minimum absolute atomic E-state index is 0.275. The number of aryl methyl sites for hydroxylation is 2. The van der Waals surface area contributed by atoms with Crippen LogP contribution in [0.25, 0.3) is 0 Å². The molecule has 3 heteroatoms. The van der Waals surface area contributed by atoms with Gasteiger partial charge in [0.15, 0.2) is 0 Å². The maximum atomic E-state index is 7.41. The summed E-state index contributed by atoms with van der Waals surface area (Å²) in [5.41, 5.74) is 9.59. The van der Waals surface area contributed by atoms with Gasteiger partial charge in [0.25, 0.3) is 0 Å². The van der Waals surface area contributed by atoms with Gasteiger partial charge in [0, 0.05) is 24.7 Å². The van der Waals surface area contributed by atoms with Crippen molar-refractivity contribution in [2.45, 2.75) is 39.2 Å². The van der Waals surface area contributed by atoms with Crippen LogP contribution in [-0.4, -0.2) is 18.4 Å². The van der Waals surface area contributed by atoms with Crippen molar-refractivity contribution in [2.75, 3.05) is 11.4 Å². The summed E-state index contributed by atoms with van der Waals surface area (Å²) < 4.78 is 0. The third kappa shape index (κ3) is 2.60. The van der Waals surface area contributed by atoms with E-state index in [1.165, 1.54) is 29.7 Å². The quantitative estimate of drug-likeness (QED) is 0.620. The zero-order chi connectivity index (χ0) is 12.4. The molecule has 3 nitrogen and oxygen atoms in total. The summed E-state index contributed by atoms with van der Waals surface area (Å²) in [5, 5.41) is 7.41. The lowest BCUT2D eigenvalue weighted by Crippen LogP contribution is -2.39. The van der Waals surface area contributed by atoms with Gasteiger partial charge < -0.3 is 10.6 Å². The molecule has 2 rings (SSSR count). The van der Waals surface area contributed by atoms with Crippen molar-refractivity contribution >= 4 is 11.5 Å². The Hall–Kier alpha value is -1.51. The normalized spacial score (nSPS) is 16.5. The van der Waals surface area contributed by atoms with Crippen LogP contribution in [0.5, 0.6) is 0 Å². The van der Waals surface area contributed by atoms with Crippen molar-refractivity contribution in [3.63, 3.8) is 0 Å². The molecule has 1 aromatic rings. The number of benzene rings is 1. The molecule has 0 saturated heterocycles. The summed E-state index contributed by atoms with van der Waals surface area (Å²) in [7, 11) is 0. The first kappa shape index (κ1) is 12.0. The van der Waals surface area contributed by atoms with Gasteiger partial charge in [-0.25, -0.2) is 0 Å². The maximum Gasteiger partial charge on any atom is 0.0925 e. The second-order valence-corrected chi connectivity index (χ2v) is 5.01. The lowest BCUT2D eigenvalue weighted by atomic mass is 9.97. The van der Waals surface area contributed by atoms with Crippen LogP contribution < -0.4 is 10.6 Å². The Bertz CT molecular complexity index is 425. The van der Waals surface area contributed by atoms with E-state index in [9.17, 15) is 0 Å². The Morgan fingerprint density at radius 2 is 2.29 bits per heavy atom. The average molecular weight is 231 g/mol. The Morgan fingerprint density at radius 1 is 1.53 bits per heavy atom. The van der Waals surface area contributed by atoms with E-state index in [1.807, 2.05) is 0 Å². The fourth-order valence-corrected chi connectivity index (χ4v) is 2.64. The second-order valence-electron chi connectivity index (χ2n) is 5.01. The SMILES string of the molecule is Cc1ccc2c(c1)CCCN2C(C)CC(=N)N. The van der Waals surface area contributed by atoms with E-state index < -0.39 is 0 Å². The van der Waals surface area contributed by atoms with E-state index in [4.69, 9.17) is 11.1 Å². The van der Waals surface area contributed by atoms with Crippen LogP contribution in [0.15, 0.2) is 18.2 Å². The molecule has 92 valence electrons. The minimum atomic E-state index is 0.275. The minimum Gasteiger partial charge on any atom is -0.388 e. The van der Waals surface area contributed by atoms with Crippen LogP contribution in [-0.2, 0) is 6.42 Å². The van der Waals surface area contributed by atoms with Gasteiger partial charge >= 0.3 is 0 Å². The van der Waals surface area contributed by atoms with Crippen molar-refractivity contribution in [3.05, 3.63) is 29.3 Å². The molecule has 0 fully saturated rings. The summed E-state index contributed by atoms with van der Waals surface area (Å²) >= 11 is 0. The van der Waals surface area contributed by atoms with Crippen molar-refractivity contribution in [3.8, 4) is 0 Å². The van der Waals surface area contributed by atoms with Crippen LogP contribution in [0.1, 0.15) is 30.9 Å². The Balaban J connectivity index is 2.25. The molecule has 1 aliphatic heterocycles. The maximum absolute atomic E-state index is 7.41. The van der Waals surface area contributed by atoms with Gasteiger partial charge in [0.2, 0.25) is 0 Å². The molecule has 1 atom stereocenters. The van der Waals surface area contributed by atoms with Crippen LogP contribution >= 0.6 is 0 Å². The van der Waals surface area contributed by atoms with Gasteiger partial charge in [-0.05, 0) is 38.3 Å². The summed E-state index contributed by atoms with van der Waals surface area (Å²) in [5.74, 6) is 0.275. The predicted octanol–water partition coefficient (Wildman–Crippen LogP) is 2.46. The Kier molecular flexibility index (Phi) is 3.36. The average Bonchev–Trinajstić information content (AvgIpc) is 2.26. The van der Waals surface area contributed by atoms with E-state index in [2.05, 4.69) is 36.9 Å². The molecule has 0 radical (unpaired) electrons. The number of amidine groups is 1. The summed E-state index contributed by atoms with van der Waals surface area (Å²) in [6.07, 6.45) is 3.01. The third-order valence-corrected chi connectivity index (χ3v) is 3.44. The van der Waals surface area contributed by atoms with Gasteiger partial charge in [-0.2, -0.15) is 0 Å². The monoisotopic (exact) mass is 231 g/mol. The number of fused-ring (bicyclic) bond motifs is 1. The van der Waals surface area contributed by atoms with Crippen LogP contribution in [0.3, 0.4) is 0 Å². The van der Waals surface area contributed by atoms with E-state index >= 15 is 0 Å². The predicted molar refractivity (Wildman–Crippen MR) is 72.8 cm³/mol. The number of nitrogens with one attached hydrogen (secondary N) is 1. The third-order valence-electron chi connectivity index (χ3n) is 3.44. The smallest absolute Gasteiger partial charge is 0.0925 e. The van der Waals surface area contributed by atoms with Crippen molar-refractivity contribution in [1.29, 1.82) is 5.41 Å². The van der Waals surface area contributed by atoms with E-state index in [1.54, 1.807) is 0 Å². The van der Waals surface area contributed by atoms with Gasteiger partial charge in [-0.1, -0.05) is 17.7 Å². The van der Waals surface area contributed by atoms with E-state index in [-0.39, 0.29) is 5.84 Å². The highest BCUT2D eigenvalue weighted by Gasteiger charge is 2.21. The number of anilines is 1. The second kappa shape index (κ2) is 4.78. The summed E-state index contributed by atoms with van der Waals surface area (Å²) in [4.78, 5) is 2.39. The molecule has 1 heterocycles. The molecule has 0 aliphatic carbocycles. The number of nitrogens with two attached hydrogens (primary N) is 1. The molecule has 1 unspecified atom stereocenters. The zero-order valence-electron chi connectivity index (χ0n) is 10.7. The lowest BCUT2D eigenvalue weighted by molar-refractivity contribution is 0.603. The molecule has 0 spiro atoms. The van der Waals surface area contributed by atoms with Crippen LogP contribution in [0.2, 0.25) is 0 Å². The fourth-order valence-electron chi connectivity index (χ4n) is 2.64. The number of hydrogen-bond donors (Lipinski definition) is 2. The molecule has 0 aromatic heterocycles. The highest BCUT2D eigenvalue weighted by atomic mass is 15.2. The van der Waals surface area contributed by atoms with Crippen LogP contribution in [0, 0.1) is 12.3 Å². The van der Waals surface area contributed by atoms with Gasteiger partial charge in [-0.3, -0.25) is 5.41 Å². The number of hydrogen-bond acceptors (Lipinski definition) is 2. The first-order valence-electron chi connectivity index (χ1n) is 6.27. The van der Waals surface area contributed by atoms with Crippen LogP contribution in [0.4, 0.5) is 5.69 Å². The topological polar surface area (TPSA) is 53.1 Å². The van der Waals surface area contributed by atoms with Crippen molar-refractivity contribution in [2.24, 2.45) is 5.73 Å². The summed E-state index contributed by atoms with van der Waals surface area (Å²) in [6.45, 7) is 5.36. The molecular formula is C14H21N3. The van der Waals surface area contributed by atoms with E-state index in [0.717, 1.165) is 6.54 Å². The van der Waals surface area contributed by atoms with Crippen molar-refractivity contribution in [1.82, 2.24) is 0 Å². The number of rotatable bonds is 3. The molecule has 0 amide bonds. The Morgan fingerprint density at radius 3 is 3.00 bits per heavy atom. The lowest BCUT2D eigenvalue weighted by Gasteiger charge is -2.36. The zero-order valence-corrected chi connectivity index (χ0v) is 10.7. The summed E-state index contributed by atoms with van der Waals surface area (Å²) in [6, 6.07) is 6.97. The van der Waals surface area contributed by atoms with Gasteiger partial charge in [0.05, 0.1) is 5.84 Å². The van der Waals surface area contributed by atoms with Gasteiger partial charge in [-0.15, -0.1) is 0 Å². The molecule has 17 heavy (non-hydrogen) atoms. The molecule has 3 N–H and O–H groups in total. The molecule has 1 aliphatic rings. The molecular weight excluding hydrogens is 210 g/mol. The van der Waals surface area contributed by atoms with E-state index in [0.29, 0.717) is 12.5 Å². The highest BCUT2D eigenvalue weighted by molar-refractivity contribution is 5.78. The molecule has 1 aromatic carbocycles. The largest absolute Gasteiger partial charge is 0.388 e. The standard InChI is InChI=1S/C14H21N3/c1-10-5-6-13-12(8-10)4-3-7-17(13)11(2)9-14(15)16/h5-6,8,11H,3-4,7,9H2,1-2H3,(H3,15,16). The molecule has 0 saturated carbocycles. The first-order chi connectivity index (χ1) is 8.08. The first-order valence-corrected chi connectivity index (χ1v) is 6.27. The fraction of sp³-hybridized carbons (Fsp3) is 0.500. The highest BCUT2D eigenvalue weighted by Crippen LogP contribution is 2.30. The van der Waals surface area contributed by atoms with Gasteiger partial charge in [0.1, 0.15) is 0 Å². The van der Waals surface area contributed by atoms with Crippen molar-refractivity contribution < 1.29 is 0 Å².